The van der Waals surface area contributed by atoms with Crippen LogP contribution in [0.25, 0.3) is 10.8 Å². The Hall–Kier alpha value is -1.58. The highest BCUT2D eigenvalue weighted by molar-refractivity contribution is 6.04. The van der Waals surface area contributed by atoms with E-state index in [4.69, 9.17) is 4.74 Å². The number of ether oxygens (including phenoxy) is 1. The van der Waals surface area contributed by atoms with Crippen LogP contribution in [-0.4, -0.2) is 38.1 Å². The summed E-state index contributed by atoms with van der Waals surface area (Å²) in [6.07, 6.45) is 0. The Morgan fingerprint density at radius 3 is 2.53 bits per heavy atom. The molecule has 0 atom stereocenters. The Labute approximate surface area is 119 Å². The molecule has 0 N–H and O–H groups in total. The van der Waals surface area contributed by atoms with E-state index in [1.54, 1.807) is 6.07 Å². The third kappa shape index (κ3) is 3.94. The smallest absolute Gasteiger partial charge is 0.338 e. The molecule has 0 amide bonds. The topological polar surface area (TPSA) is 29.5 Å². The largest absolute Gasteiger partial charge is 0.461 e. The van der Waals surface area contributed by atoms with Crippen molar-refractivity contribution in [2.24, 2.45) is 0 Å². The normalized spacial score (nSPS) is 10.3. The Morgan fingerprint density at radius 1 is 1.11 bits per heavy atom. The Bertz CT molecular complexity index is 549. The van der Waals surface area contributed by atoms with Crippen LogP contribution < -0.4 is 0 Å². The molecule has 0 aliphatic rings. The molecule has 0 heterocycles. The summed E-state index contributed by atoms with van der Waals surface area (Å²) < 4.78 is 5.27. The van der Waals surface area contributed by atoms with Crippen LogP contribution in [0.4, 0.5) is 0 Å². The van der Waals surface area contributed by atoms with Crippen LogP contribution in [0.1, 0.15) is 10.4 Å². The lowest BCUT2D eigenvalue weighted by Crippen LogP contribution is -2.20. The van der Waals surface area contributed by atoms with Crippen LogP contribution >= 0.6 is 12.4 Å². The van der Waals surface area contributed by atoms with Crippen LogP contribution in [0.2, 0.25) is 0 Å². The van der Waals surface area contributed by atoms with Gasteiger partial charge in [-0.15, -0.1) is 12.4 Å². The summed E-state index contributed by atoms with van der Waals surface area (Å²) in [5.74, 6) is -0.256. The van der Waals surface area contributed by atoms with Crippen molar-refractivity contribution in [3.8, 4) is 0 Å². The van der Waals surface area contributed by atoms with E-state index in [2.05, 4.69) is 0 Å². The van der Waals surface area contributed by atoms with E-state index in [0.717, 1.165) is 17.3 Å². The van der Waals surface area contributed by atoms with E-state index in [-0.39, 0.29) is 18.4 Å². The molecule has 4 heteroatoms. The fourth-order valence-corrected chi connectivity index (χ4v) is 1.80. The zero-order chi connectivity index (χ0) is 13.0. The molecule has 0 aromatic heterocycles. The summed E-state index contributed by atoms with van der Waals surface area (Å²) in [6.45, 7) is 1.14. The molecule has 19 heavy (non-hydrogen) atoms. The lowest BCUT2D eigenvalue weighted by Gasteiger charge is -2.11. The Balaban J connectivity index is 0.00000180. The number of rotatable bonds is 4. The molecule has 0 bridgehead atoms. The molecule has 0 spiro atoms. The molecule has 3 nitrogen and oxygen atoms in total. The molecule has 0 fully saturated rings. The van der Waals surface area contributed by atoms with Gasteiger partial charge in [0.2, 0.25) is 0 Å². The number of likely N-dealkylation sites (N-methyl/N-ethyl adjacent to an activating group) is 1. The van der Waals surface area contributed by atoms with Crippen molar-refractivity contribution in [3.63, 3.8) is 0 Å². The van der Waals surface area contributed by atoms with Gasteiger partial charge < -0.3 is 9.64 Å². The molecule has 0 unspecified atom stereocenters. The minimum absolute atomic E-state index is 0. The summed E-state index contributed by atoms with van der Waals surface area (Å²) in [6, 6.07) is 13.5. The van der Waals surface area contributed by atoms with Gasteiger partial charge in [0.25, 0.3) is 0 Å². The fraction of sp³-hybridized carbons (Fsp3) is 0.267. The van der Waals surface area contributed by atoms with E-state index in [9.17, 15) is 4.79 Å². The van der Waals surface area contributed by atoms with Crippen molar-refractivity contribution in [1.82, 2.24) is 4.90 Å². The summed E-state index contributed by atoms with van der Waals surface area (Å²) in [7, 11) is 3.90. The van der Waals surface area contributed by atoms with E-state index in [1.165, 1.54) is 0 Å². The number of carbonyl (C=O) groups excluding carboxylic acids is 1. The van der Waals surface area contributed by atoms with Crippen LogP contribution in [0, 0.1) is 0 Å². The standard InChI is InChI=1S/C15H17NO2.ClH/c1-16(2)10-11-18-15(17)14-9-5-7-12-6-3-4-8-13(12)14;/h3-9H,10-11H2,1-2H3;1H. The molecule has 102 valence electrons. The number of benzene rings is 2. The summed E-state index contributed by atoms with van der Waals surface area (Å²) >= 11 is 0. The highest BCUT2D eigenvalue weighted by Gasteiger charge is 2.10. The second kappa shape index (κ2) is 7.12. The minimum atomic E-state index is -0.256. The molecule has 0 aliphatic carbocycles. The van der Waals surface area contributed by atoms with Crippen LogP contribution in [-0.2, 0) is 4.74 Å². The van der Waals surface area contributed by atoms with Gasteiger partial charge in [0.05, 0.1) is 5.56 Å². The molecular formula is C15H18ClNO2. The number of hydrogen-bond acceptors (Lipinski definition) is 3. The number of carbonyl (C=O) groups is 1. The third-order valence-corrected chi connectivity index (χ3v) is 2.78. The molecule has 0 radical (unpaired) electrons. The number of esters is 1. The number of halogens is 1. The minimum Gasteiger partial charge on any atom is -0.461 e. The Kier molecular flexibility index (Phi) is 5.80. The highest BCUT2D eigenvalue weighted by atomic mass is 35.5. The van der Waals surface area contributed by atoms with E-state index >= 15 is 0 Å². The van der Waals surface area contributed by atoms with Crippen molar-refractivity contribution in [2.45, 2.75) is 0 Å². The van der Waals surface area contributed by atoms with Crippen molar-refractivity contribution < 1.29 is 9.53 Å². The lowest BCUT2D eigenvalue weighted by atomic mass is 10.1. The molecule has 0 saturated heterocycles. The Morgan fingerprint density at radius 2 is 1.79 bits per heavy atom. The van der Waals surface area contributed by atoms with Crippen molar-refractivity contribution in [3.05, 3.63) is 48.0 Å². The van der Waals surface area contributed by atoms with E-state index in [1.807, 2.05) is 55.4 Å². The quantitative estimate of drug-likeness (QED) is 0.806. The maximum Gasteiger partial charge on any atom is 0.338 e. The first kappa shape index (κ1) is 15.5. The van der Waals surface area contributed by atoms with Crippen LogP contribution in [0.5, 0.6) is 0 Å². The monoisotopic (exact) mass is 279 g/mol. The SMILES string of the molecule is CN(C)CCOC(=O)c1cccc2ccccc12.Cl. The zero-order valence-electron chi connectivity index (χ0n) is 11.1. The van der Waals surface area contributed by atoms with Crippen molar-refractivity contribution >= 4 is 29.1 Å². The molecular weight excluding hydrogens is 262 g/mol. The zero-order valence-corrected chi connectivity index (χ0v) is 11.9. The van der Waals surface area contributed by atoms with Gasteiger partial charge in [0.1, 0.15) is 6.61 Å². The number of nitrogens with zero attached hydrogens (tertiary/aromatic N) is 1. The van der Waals surface area contributed by atoms with Crippen LogP contribution in [0.3, 0.4) is 0 Å². The molecule has 2 rings (SSSR count). The van der Waals surface area contributed by atoms with Crippen LogP contribution in [0.15, 0.2) is 42.5 Å². The second-order valence-electron chi connectivity index (χ2n) is 4.47. The van der Waals surface area contributed by atoms with Gasteiger partial charge in [-0.25, -0.2) is 4.79 Å². The molecule has 2 aromatic rings. The van der Waals surface area contributed by atoms with Gasteiger partial charge >= 0.3 is 5.97 Å². The van der Waals surface area contributed by atoms with Crippen molar-refractivity contribution in [1.29, 1.82) is 0 Å². The first-order valence-electron chi connectivity index (χ1n) is 5.98. The van der Waals surface area contributed by atoms with E-state index in [0.29, 0.717) is 12.2 Å². The van der Waals surface area contributed by atoms with Gasteiger partial charge in [0.15, 0.2) is 0 Å². The summed E-state index contributed by atoms with van der Waals surface area (Å²) in [5, 5.41) is 1.99. The average Bonchev–Trinajstić information content (AvgIpc) is 2.37. The molecule has 2 aromatic carbocycles. The molecule has 0 aliphatic heterocycles. The maximum absolute atomic E-state index is 12.0. The third-order valence-electron chi connectivity index (χ3n) is 2.78. The fourth-order valence-electron chi connectivity index (χ4n) is 1.80. The van der Waals surface area contributed by atoms with Gasteiger partial charge in [-0.3, -0.25) is 0 Å². The maximum atomic E-state index is 12.0. The van der Waals surface area contributed by atoms with Gasteiger partial charge in [-0.05, 0) is 30.9 Å². The van der Waals surface area contributed by atoms with Gasteiger partial charge in [-0.2, -0.15) is 0 Å². The number of hydrogen-bond donors (Lipinski definition) is 0. The predicted molar refractivity (Wildman–Crippen MR) is 80.0 cm³/mol. The second-order valence-corrected chi connectivity index (χ2v) is 4.47. The van der Waals surface area contributed by atoms with Crippen molar-refractivity contribution in [2.75, 3.05) is 27.2 Å². The number of fused-ring (bicyclic) bond motifs is 1. The van der Waals surface area contributed by atoms with Gasteiger partial charge in [0, 0.05) is 6.54 Å². The lowest BCUT2D eigenvalue weighted by molar-refractivity contribution is 0.0484. The van der Waals surface area contributed by atoms with Gasteiger partial charge in [-0.1, -0.05) is 36.4 Å². The first-order valence-corrected chi connectivity index (χ1v) is 5.98. The summed E-state index contributed by atoms with van der Waals surface area (Å²) in [4.78, 5) is 14.0. The molecule has 0 saturated carbocycles. The average molecular weight is 280 g/mol. The first-order chi connectivity index (χ1) is 8.68. The predicted octanol–water partition coefficient (Wildman–Crippen LogP) is 2.98. The summed E-state index contributed by atoms with van der Waals surface area (Å²) in [5.41, 5.74) is 0.631. The highest BCUT2D eigenvalue weighted by Crippen LogP contribution is 2.19. The van der Waals surface area contributed by atoms with E-state index < -0.39 is 0 Å².